The second-order valence-corrected chi connectivity index (χ2v) is 6.45. The van der Waals surface area contributed by atoms with E-state index < -0.39 is 17.3 Å². The Morgan fingerprint density at radius 3 is 2.38 bits per heavy atom. The van der Waals surface area contributed by atoms with Crippen molar-refractivity contribution in [3.8, 4) is 5.69 Å². The van der Waals surface area contributed by atoms with Gasteiger partial charge in [-0.3, -0.25) is 9.36 Å². The Morgan fingerprint density at radius 1 is 0.897 bits per heavy atom. The fourth-order valence-corrected chi connectivity index (χ4v) is 3.12. The van der Waals surface area contributed by atoms with Crippen molar-refractivity contribution in [1.29, 1.82) is 0 Å². The zero-order chi connectivity index (χ0) is 20.4. The number of hydrogen-bond acceptors (Lipinski definition) is 3. The van der Waals surface area contributed by atoms with Crippen molar-refractivity contribution in [2.45, 2.75) is 12.7 Å². The topological polar surface area (TPSA) is 46.9 Å². The first-order chi connectivity index (χ1) is 13.9. The fraction of sp³-hybridized carbons (Fsp3) is 0.0909. The molecule has 0 saturated heterocycles. The smallest absolute Gasteiger partial charge is 0.378 e. The molecule has 3 aromatic carbocycles. The van der Waals surface area contributed by atoms with E-state index in [1.807, 2.05) is 30.3 Å². The number of rotatable bonds is 4. The van der Waals surface area contributed by atoms with E-state index >= 15 is 0 Å². The second-order valence-electron chi connectivity index (χ2n) is 6.45. The second kappa shape index (κ2) is 7.43. The Bertz CT molecular complexity index is 1220. The van der Waals surface area contributed by atoms with Gasteiger partial charge in [-0.05, 0) is 42.5 Å². The molecule has 0 amide bonds. The van der Waals surface area contributed by atoms with Gasteiger partial charge in [0.15, 0.2) is 0 Å². The molecule has 0 atom stereocenters. The zero-order valence-corrected chi connectivity index (χ0v) is 15.1. The van der Waals surface area contributed by atoms with Gasteiger partial charge in [-0.15, -0.1) is 0 Å². The lowest BCUT2D eigenvalue weighted by atomic mass is 10.1. The molecule has 0 radical (unpaired) electrons. The third-order valence-corrected chi connectivity index (χ3v) is 4.50. The largest absolute Gasteiger partial charge is 0.416 e. The summed E-state index contributed by atoms with van der Waals surface area (Å²) in [4.78, 5) is 17.7. The molecule has 0 saturated carbocycles. The normalized spacial score (nSPS) is 11.6. The summed E-state index contributed by atoms with van der Waals surface area (Å²) in [6.45, 7) is 0.167. The van der Waals surface area contributed by atoms with Crippen LogP contribution < -0.4 is 10.9 Å². The third-order valence-electron chi connectivity index (χ3n) is 4.50. The van der Waals surface area contributed by atoms with Crippen molar-refractivity contribution in [3.05, 3.63) is 101 Å². The van der Waals surface area contributed by atoms with E-state index in [-0.39, 0.29) is 12.2 Å². The first kappa shape index (κ1) is 18.7. The van der Waals surface area contributed by atoms with Crippen LogP contribution in [-0.2, 0) is 12.7 Å². The first-order valence-corrected chi connectivity index (χ1v) is 8.91. The molecule has 0 aliphatic carbocycles. The van der Waals surface area contributed by atoms with E-state index in [0.717, 1.165) is 17.8 Å². The molecule has 29 heavy (non-hydrogen) atoms. The molecule has 7 heteroatoms. The Kier molecular flexibility index (Phi) is 4.80. The molecular formula is C22H16F3N3O. The Balaban J connectivity index is 1.87. The number of benzene rings is 3. The molecule has 1 N–H and O–H groups in total. The number of nitrogens with zero attached hydrogens (tertiary/aromatic N) is 2. The fourth-order valence-electron chi connectivity index (χ4n) is 3.12. The molecule has 0 bridgehead atoms. The van der Waals surface area contributed by atoms with Crippen LogP contribution in [-0.4, -0.2) is 9.55 Å². The van der Waals surface area contributed by atoms with Crippen LogP contribution in [0.2, 0.25) is 0 Å². The number of anilines is 1. The van der Waals surface area contributed by atoms with Crippen molar-refractivity contribution < 1.29 is 13.2 Å². The van der Waals surface area contributed by atoms with Crippen LogP contribution in [0, 0.1) is 0 Å². The highest BCUT2D eigenvalue weighted by Gasteiger charge is 2.30. The van der Waals surface area contributed by atoms with Crippen LogP contribution in [0.15, 0.2) is 83.7 Å². The Hall–Kier alpha value is -3.61. The Labute approximate surface area is 164 Å². The van der Waals surface area contributed by atoms with Crippen molar-refractivity contribution in [2.75, 3.05) is 5.32 Å². The molecule has 4 aromatic rings. The summed E-state index contributed by atoms with van der Waals surface area (Å²) >= 11 is 0. The van der Waals surface area contributed by atoms with E-state index in [2.05, 4.69) is 10.3 Å². The minimum atomic E-state index is -4.51. The molecule has 146 valence electrons. The maximum absolute atomic E-state index is 13.2. The summed E-state index contributed by atoms with van der Waals surface area (Å²) < 4.78 is 40.8. The summed E-state index contributed by atoms with van der Waals surface area (Å²) in [5, 5.41) is 3.50. The van der Waals surface area contributed by atoms with Gasteiger partial charge in [0.25, 0.3) is 5.56 Å². The summed E-state index contributed by atoms with van der Waals surface area (Å²) in [6, 6.07) is 20.8. The van der Waals surface area contributed by atoms with Gasteiger partial charge in [0.2, 0.25) is 0 Å². The summed E-state index contributed by atoms with van der Waals surface area (Å²) in [7, 11) is 0. The quantitative estimate of drug-likeness (QED) is 0.528. The van der Waals surface area contributed by atoms with Gasteiger partial charge in [-0.1, -0.05) is 36.4 Å². The molecule has 0 fully saturated rings. The Morgan fingerprint density at radius 2 is 1.62 bits per heavy atom. The minimum Gasteiger partial charge on any atom is -0.378 e. The van der Waals surface area contributed by atoms with E-state index in [0.29, 0.717) is 16.7 Å². The van der Waals surface area contributed by atoms with E-state index in [4.69, 9.17) is 0 Å². The van der Waals surface area contributed by atoms with E-state index in [1.54, 1.807) is 24.3 Å². The highest BCUT2D eigenvalue weighted by Crippen LogP contribution is 2.30. The van der Waals surface area contributed by atoms with Gasteiger partial charge in [-0.2, -0.15) is 13.2 Å². The van der Waals surface area contributed by atoms with Crippen molar-refractivity contribution in [3.63, 3.8) is 0 Å². The SMILES string of the molecule is O=c1c2ccccc2nc(CNc2ccccc2)n1-c1cccc(C(F)(F)F)c1. The van der Waals surface area contributed by atoms with Gasteiger partial charge in [-0.25, -0.2) is 4.98 Å². The lowest BCUT2D eigenvalue weighted by Gasteiger charge is -2.16. The molecule has 0 spiro atoms. The highest BCUT2D eigenvalue weighted by atomic mass is 19.4. The molecule has 4 nitrogen and oxygen atoms in total. The molecule has 4 rings (SSSR count). The van der Waals surface area contributed by atoms with Crippen molar-refractivity contribution in [2.24, 2.45) is 0 Å². The number of hydrogen-bond donors (Lipinski definition) is 1. The van der Waals surface area contributed by atoms with E-state index in [1.165, 1.54) is 16.7 Å². The van der Waals surface area contributed by atoms with Crippen LogP contribution in [0.5, 0.6) is 0 Å². The number of para-hydroxylation sites is 2. The van der Waals surface area contributed by atoms with E-state index in [9.17, 15) is 18.0 Å². The van der Waals surface area contributed by atoms with Crippen LogP contribution in [0.4, 0.5) is 18.9 Å². The number of aromatic nitrogens is 2. The average molecular weight is 395 g/mol. The minimum absolute atomic E-state index is 0.118. The lowest BCUT2D eigenvalue weighted by Crippen LogP contribution is -2.25. The summed E-state index contributed by atoms with van der Waals surface area (Å²) in [5.41, 5.74) is 0.181. The first-order valence-electron chi connectivity index (χ1n) is 8.91. The summed E-state index contributed by atoms with van der Waals surface area (Å²) in [5.74, 6) is 0.317. The van der Waals surface area contributed by atoms with Crippen LogP contribution >= 0.6 is 0 Å². The number of nitrogens with one attached hydrogen (secondary N) is 1. The molecular weight excluding hydrogens is 379 g/mol. The van der Waals surface area contributed by atoms with Gasteiger partial charge in [0, 0.05) is 5.69 Å². The van der Waals surface area contributed by atoms with Gasteiger partial charge in [0.1, 0.15) is 5.82 Å². The highest BCUT2D eigenvalue weighted by molar-refractivity contribution is 5.77. The average Bonchev–Trinajstić information content (AvgIpc) is 2.72. The zero-order valence-electron chi connectivity index (χ0n) is 15.1. The maximum atomic E-state index is 13.2. The van der Waals surface area contributed by atoms with Crippen LogP contribution in [0.25, 0.3) is 16.6 Å². The predicted molar refractivity (Wildman–Crippen MR) is 106 cm³/mol. The van der Waals surface area contributed by atoms with Crippen LogP contribution in [0.3, 0.4) is 0 Å². The predicted octanol–water partition coefficient (Wildman–Crippen LogP) is 5.02. The monoisotopic (exact) mass is 395 g/mol. The van der Waals surface area contributed by atoms with Crippen molar-refractivity contribution >= 4 is 16.6 Å². The number of halogens is 3. The maximum Gasteiger partial charge on any atom is 0.416 e. The third kappa shape index (κ3) is 3.85. The lowest BCUT2D eigenvalue weighted by molar-refractivity contribution is -0.137. The molecule has 1 heterocycles. The standard InChI is InChI=1S/C22H16F3N3O/c23-22(24,25)15-7-6-10-17(13-15)28-20(14-26-16-8-2-1-3-9-16)27-19-12-5-4-11-18(19)21(28)29/h1-13,26H,14H2. The number of alkyl halides is 3. The molecule has 0 aliphatic heterocycles. The number of fused-ring (bicyclic) bond motifs is 1. The van der Waals surface area contributed by atoms with Gasteiger partial charge < -0.3 is 5.32 Å². The molecule has 0 unspecified atom stereocenters. The van der Waals surface area contributed by atoms with Crippen molar-refractivity contribution in [1.82, 2.24) is 9.55 Å². The summed E-state index contributed by atoms with van der Waals surface area (Å²) in [6.07, 6.45) is -4.51. The molecule has 0 aliphatic rings. The molecule has 1 aromatic heterocycles. The van der Waals surface area contributed by atoms with Crippen LogP contribution in [0.1, 0.15) is 11.4 Å². The van der Waals surface area contributed by atoms with Gasteiger partial charge >= 0.3 is 6.18 Å². The van der Waals surface area contributed by atoms with Gasteiger partial charge in [0.05, 0.1) is 28.7 Å².